The molecule has 0 rings (SSSR count). The summed E-state index contributed by atoms with van der Waals surface area (Å²) in [5.41, 5.74) is 0. The molecule has 0 saturated heterocycles. The van der Waals surface area contributed by atoms with Crippen molar-refractivity contribution in [2.45, 2.75) is 321 Å². The van der Waals surface area contributed by atoms with Crippen LogP contribution in [0.2, 0.25) is 0 Å². The maximum absolute atomic E-state index is 12.5. The number of allylic oxidation sites excluding steroid dienone is 17. The molecule has 0 aliphatic heterocycles. The number of unbranched alkanes of at least 4 members (excludes halogenated alkanes) is 35. The molecule has 0 bridgehead atoms. The second-order valence-corrected chi connectivity index (χ2v) is 21.4. The van der Waals surface area contributed by atoms with Crippen molar-refractivity contribution in [2.75, 3.05) is 6.61 Å². The van der Waals surface area contributed by atoms with Gasteiger partial charge in [-0.15, -0.1) is 0 Å². The van der Waals surface area contributed by atoms with E-state index in [4.69, 9.17) is 0 Å². The summed E-state index contributed by atoms with van der Waals surface area (Å²) >= 11 is 0. The molecule has 1 amide bonds. The lowest BCUT2D eigenvalue weighted by Crippen LogP contribution is -2.45. The first kappa shape index (κ1) is 71.0. The van der Waals surface area contributed by atoms with Crippen molar-refractivity contribution in [1.82, 2.24) is 5.32 Å². The normalized spacial score (nSPS) is 13.5. The van der Waals surface area contributed by atoms with Crippen LogP contribution in [0.25, 0.3) is 0 Å². The number of carbonyl (C=O) groups excluding carboxylic acids is 1. The van der Waals surface area contributed by atoms with Crippen LogP contribution in [0.4, 0.5) is 0 Å². The standard InChI is InChI=1S/C70H123NO3/c1-3-5-7-9-11-13-15-17-19-21-23-25-27-29-30-31-32-33-34-35-36-37-38-39-40-42-44-46-48-50-52-54-56-58-60-62-64-66-70(74)71-68(67-72)69(73)65-63-61-59-57-55-53-51-49-47-45-43-41-28-26-24-22-20-18-16-14-12-10-8-6-4-2/h5,7,11,13,17,19,23,25,29-30,32-33,35-36,55,57,63,65,68-69,72-73H,3-4,6,8-10,12,14-16,18,20-22,24,26-28,31,34,37-54,56,58-62,64,66-67H2,1-2H3,(H,71,74)/b7-5-,13-11-,19-17-,25-23-,30-29-,33-32-,36-35-,57-55+,65-63+. The molecule has 0 aliphatic carbocycles. The quantitative estimate of drug-likeness (QED) is 0.0420. The van der Waals surface area contributed by atoms with E-state index in [0.29, 0.717) is 6.42 Å². The number of rotatable bonds is 58. The number of hydrogen-bond acceptors (Lipinski definition) is 3. The topological polar surface area (TPSA) is 69.6 Å². The minimum Gasteiger partial charge on any atom is -0.394 e. The summed E-state index contributed by atoms with van der Waals surface area (Å²) in [5, 5.41) is 23.2. The number of carbonyl (C=O) groups is 1. The Bertz CT molecular complexity index is 1400. The zero-order chi connectivity index (χ0) is 53.4. The van der Waals surface area contributed by atoms with Gasteiger partial charge in [0.05, 0.1) is 18.8 Å². The highest BCUT2D eigenvalue weighted by atomic mass is 16.3. The minimum atomic E-state index is -0.869. The molecule has 0 aromatic heterocycles. The third kappa shape index (κ3) is 59.9. The predicted octanol–water partition coefficient (Wildman–Crippen LogP) is 21.8. The maximum Gasteiger partial charge on any atom is 0.220 e. The molecule has 0 radical (unpaired) electrons. The van der Waals surface area contributed by atoms with Crippen molar-refractivity contribution in [2.24, 2.45) is 0 Å². The number of amides is 1. The molecular weight excluding hydrogens is 903 g/mol. The second-order valence-electron chi connectivity index (χ2n) is 21.4. The molecule has 3 N–H and O–H groups in total. The van der Waals surface area contributed by atoms with Crippen LogP contribution in [-0.2, 0) is 4.79 Å². The van der Waals surface area contributed by atoms with E-state index in [-0.39, 0.29) is 12.5 Å². The van der Waals surface area contributed by atoms with Crippen LogP contribution < -0.4 is 5.32 Å². The zero-order valence-corrected chi connectivity index (χ0v) is 49.1. The Hall–Kier alpha value is -2.95. The maximum atomic E-state index is 12.5. The van der Waals surface area contributed by atoms with Crippen LogP contribution in [0.15, 0.2) is 109 Å². The van der Waals surface area contributed by atoms with Crippen LogP contribution in [0.3, 0.4) is 0 Å². The summed E-state index contributed by atoms with van der Waals surface area (Å²) in [6, 6.07) is -0.646. The molecule has 0 aromatic carbocycles. The highest BCUT2D eigenvalue weighted by molar-refractivity contribution is 5.76. The van der Waals surface area contributed by atoms with Crippen LogP contribution in [-0.4, -0.2) is 34.9 Å². The fraction of sp³-hybridized carbons (Fsp3) is 0.729. The molecule has 4 heteroatoms. The predicted molar refractivity (Wildman–Crippen MR) is 331 cm³/mol. The molecule has 0 aliphatic rings. The average Bonchev–Trinajstić information content (AvgIpc) is 3.40. The summed E-state index contributed by atoms with van der Waals surface area (Å²) in [5.74, 6) is -0.0742. The number of hydrogen-bond donors (Lipinski definition) is 3. The van der Waals surface area contributed by atoms with Gasteiger partial charge in [0.2, 0.25) is 5.91 Å². The smallest absolute Gasteiger partial charge is 0.220 e. The monoisotopic (exact) mass is 1030 g/mol. The van der Waals surface area contributed by atoms with Crippen molar-refractivity contribution in [3.8, 4) is 0 Å². The van der Waals surface area contributed by atoms with Gasteiger partial charge in [-0.1, -0.05) is 322 Å². The summed E-state index contributed by atoms with van der Waals surface area (Å²) in [7, 11) is 0. The highest BCUT2D eigenvalue weighted by Crippen LogP contribution is 2.17. The summed E-state index contributed by atoms with van der Waals surface area (Å²) in [4.78, 5) is 12.5. The van der Waals surface area contributed by atoms with Gasteiger partial charge in [-0.2, -0.15) is 0 Å². The van der Waals surface area contributed by atoms with E-state index in [1.807, 2.05) is 6.08 Å². The molecule has 4 nitrogen and oxygen atoms in total. The number of nitrogens with one attached hydrogen (secondary N) is 1. The average molecular weight is 1030 g/mol. The largest absolute Gasteiger partial charge is 0.394 e. The van der Waals surface area contributed by atoms with E-state index in [2.05, 4.69) is 116 Å². The van der Waals surface area contributed by atoms with Crippen molar-refractivity contribution in [3.63, 3.8) is 0 Å². The summed E-state index contributed by atoms with van der Waals surface area (Å²) in [6.45, 7) is 4.20. The van der Waals surface area contributed by atoms with E-state index in [0.717, 1.165) is 77.0 Å². The number of aliphatic hydroxyl groups is 2. The van der Waals surface area contributed by atoms with Gasteiger partial charge >= 0.3 is 0 Å². The molecular formula is C70H123NO3. The molecule has 0 aromatic rings. The summed E-state index contributed by atoms with van der Waals surface area (Å²) in [6.07, 6.45) is 97.1. The van der Waals surface area contributed by atoms with E-state index in [1.54, 1.807) is 6.08 Å². The van der Waals surface area contributed by atoms with Gasteiger partial charge in [0.1, 0.15) is 0 Å². The van der Waals surface area contributed by atoms with Gasteiger partial charge in [-0.05, 0) is 89.9 Å². The fourth-order valence-electron chi connectivity index (χ4n) is 9.41. The lowest BCUT2D eigenvalue weighted by molar-refractivity contribution is -0.123. The third-order valence-electron chi connectivity index (χ3n) is 14.2. The first-order valence-corrected chi connectivity index (χ1v) is 32.1. The van der Waals surface area contributed by atoms with Crippen LogP contribution >= 0.6 is 0 Å². The number of aliphatic hydroxyl groups excluding tert-OH is 2. The Kier molecular flexibility index (Phi) is 61.8. The minimum absolute atomic E-state index is 0.0742. The zero-order valence-electron chi connectivity index (χ0n) is 49.1. The highest BCUT2D eigenvalue weighted by Gasteiger charge is 2.18. The van der Waals surface area contributed by atoms with Crippen molar-refractivity contribution < 1.29 is 15.0 Å². The van der Waals surface area contributed by atoms with Gasteiger partial charge < -0.3 is 15.5 Å². The lowest BCUT2D eigenvalue weighted by Gasteiger charge is -2.19. The van der Waals surface area contributed by atoms with Gasteiger partial charge in [-0.25, -0.2) is 0 Å². The molecule has 0 spiro atoms. The van der Waals surface area contributed by atoms with Gasteiger partial charge in [-0.3, -0.25) is 4.79 Å². The van der Waals surface area contributed by atoms with Gasteiger partial charge in [0.15, 0.2) is 0 Å². The fourth-order valence-corrected chi connectivity index (χ4v) is 9.41. The first-order valence-electron chi connectivity index (χ1n) is 32.1. The Balaban J connectivity index is 3.54. The molecule has 426 valence electrons. The molecule has 0 fully saturated rings. The Labute approximate surface area is 461 Å². The van der Waals surface area contributed by atoms with Crippen molar-refractivity contribution in [3.05, 3.63) is 109 Å². The molecule has 0 saturated carbocycles. The lowest BCUT2D eigenvalue weighted by atomic mass is 10.0. The van der Waals surface area contributed by atoms with Gasteiger partial charge in [0.25, 0.3) is 0 Å². The van der Waals surface area contributed by atoms with Crippen LogP contribution in [0.1, 0.15) is 309 Å². The van der Waals surface area contributed by atoms with E-state index >= 15 is 0 Å². The third-order valence-corrected chi connectivity index (χ3v) is 14.2. The van der Waals surface area contributed by atoms with Crippen molar-refractivity contribution >= 4 is 5.91 Å². The van der Waals surface area contributed by atoms with Crippen LogP contribution in [0.5, 0.6) is 0 Å². The van der Waals surface area contributed by atoms with Gasteiger partial charge in [0, 0.05) is 6.42 Å². The first-order chi connectivity index (χ1) is 36.7. The molecule has 2 atom stereocenters. The summed E-state index contributed by atoms with van der Waals surface area (Å²) < 4.78 is 0. The Morgan fingerprint density at radius 3 is 0.946 bits per heavy atom. The van der Waals surface area contributed by atoms with E-state index < -0.39 is 12.1 Å². The molecule has 0 heterocycles. The van der Waals surface area contributed by atoms with Crippen LogP contribution in [0, 0.1) is 0 Å². The van der Waals surface area contributed by atoms with E-state index in [1.165, 1.54) is 212 Å². The Morgan fingerprint density at radius 1 is 0.338 bits per heavy atom. The SMILES string of the molecule is CC/C=C\C/C=C\C/C=C\C/C=C\C/C=C\C/C=C\C/C=C\CCCCCCCCCCCCCCCCCC(=O)NC(CO)C(O)/C=C/CC/C=C/CCCCCCCCCCCCCCCCCCCCC. The van der Waals surface area contributed by atoms with Crippen molar-refractivity contribution in [1.29, 1.82) is 0 Å². The van der Waals surface area contributed by atoms with E-state index in [9.17, 15) is 15.0 Å². The molecule has 2 unspecified atom stereocenters. The molecule has 74 heavy (non-hydrogen) atoms. The Morgan fingerprint density at radius 2 is 0.608 bits per heavy atom. The second kappa shape index (κ2) is 64.3.